The van der Waals surface area contributed by atoms with Crippen molar-refractivity contribution in [2.24, 2.45) is 5.10 Å². The molecule has 0 atom stereocenters. The summed E-state index contributed by atoms with van der Waals surface area (Å²) in [5.41, 5.74) is 2.32. The van der Waals surface area contributed by atoms with Gasteiger partial charge in [0.2, 0.25) is 0 Å². The maximum atomic E-state index is 11.5. The van der Waals surface area contributed by atoms with Crippen LogP contribution in [0, 0.1) is 0 Å². The lowest BCUT2D eigenvalue weighted by atomic mass is 10.3. The number of hydrogen-bond acceptors (Lipinski definition) is 2. The number of hydrazone groups is 1. The van der Waals surface area contributed by atoms with Crippen LogP contribution in [0.1, 0.15) is 13.3 Å². The molecular formula is C5H9F3N2. The van der Waals surface area contributed by atoms with E-state index in [0.29, 0.717) is 0 Å². The van der Waals surface area contributed by atoms with Crippen molar-refractivity contribution in [3.63, 3.8) is 0 Å². The molecule has 0 rings (SSSR count). The van der Waals surface area contributed by atoms with Crippen LogP contribution in [0.4, 0.5) is 13.2 Å². The molecule has 0 spiro atoms. The summed E-state index contributed by atoms with van der Waals surface area (Å²) in [5, 5.41) is 3.36. The molecule has 0 amide bonds. The Bertz CT molecular complexity index is 127. The molecule has 0 aromatic carbocycles. The zero-order chi connectivity index (χ0) is 8.20. The normalized spacial score (nSPS) is 13.5. The van der Waals surface area contributed by atoms with E-state index < -0.39 is 12.6 Å². The van der Waals surface area contributed by atoms with Gasteiger partial charge < -0.3 is 5.43 Å². The number of nitrogens with one attached hydrogen (secondary N) is 1. The Balaban J connectivity index is 3.79. The molecule has 0 aromatic heterocycles. The van der Waals surface area contributed by atoms with Gasteiger partial charge in [0.25, 0.3) is 0 Å². The van der Waals surface area contributed by atoms with Crippen molar-refractivity contribution in [3.05, 3.63) is 0 Å². The third-order valence-electron chi connectivity index (χ3n) is 0.759. The molecule has 0 radical (unpaired) electrons. The summed E-state index contributed by atoms with van der Waals surface area (Å²) in [7, 11) is 1.46. The predicted octanol–water partition coefficient (Wildman–Crippen LogP) is 1.53. The van der Waals surface area contributed by atoms with Gasteiger partial charge in [0.15, 0.2) is 0 Å². The molecule has 5 heteroatoms. The fraction of sp³-hybridized carbons (Fsp3) is 0.800. The molecule has 0 aliphatic heterocycles. The lowest BCUT2D eigenvalue weighted by Crippen LogP contribution is -2.14. The molecule has 0 aliphatic rings. The van der Waals surface area contributed by atoms with E-state index in [1.54, 1.807) is 0 Å². The summed E-state index contributed by atoms with van der Waals surface area (Å²) in [6, 6.07) is 0. The van der Waals surface area contributed by atoms with E-state index in [1.165, 1.54) is 14.0 Å². The van der Waals surface area contributed by atoms with Crippen molar-refractivity contribution in [2.75, 3.05) is 7.05 Å². The van der Waals surface area contributed by atoms with Crippen LogP contribution in [-0.2, 0) is 0 Å². The van der Waals surface area contributed by atoms with E-state index in [-0.39, 0.29) is 5.71 Å². The predicted molar refractivity (Wildman–Crippen MR) is 32.8 cm³/mol. The van der Waals surface area contributed by atoms with E-state index in [2.05, 4.69) is 10.5 Å². The highest BCUT2D eigenvalue weighted by atomic mass is 19.4. The first kappa shape index (κ1) is 9.26. The first-order chi connectivity index (χ1) is 4.45. The van der Waals surface area contributed by atoms with Crippen molar-refractivity contribution in [1.29, 1.82) is 0 Å². The fourth-order valence-corrected chi connectivity index (χ4v) is 0.520. The van der Waals surface area contributed by atoms with E-state index in [4.69, 9.17) is 0 Å². The Hall–Kier alpha value is -0.740. The molecule has 10 heavy (non-hydrogen) atoms. The Morgan fingerprint density at radius 1 is 1.50 bits per heavy atom. The molecule has 1 N–H and O–H groups in total. The third kappa shape index (κ3) is 5.40. The van der Waals surface area contributed by atoms with Gasteiger partial charge >= 0.3 is 6.18 Å². The van der Waals surface area contributed by atoms with Gasteiger partial charge in [0.1, 0.15) is 0 Å². The standard InChI is InChI=1S/C5H9F3N2/c1-4(10-9-2)3-5(6,7)8/h9H,3H2,1-2H3/b10-4-. The summed E-state index contributed by atoms with van der Waals surface area (Å²) < 4.78 is 34.6. The van der Waals surface area contributed by atoms with Crippen LogP contribution in [0.5, 0.6) is 0 Å². The Labute approximate surface area is 57.1 Å². The number of halogens is 3. The van der Waals surface area contributed by atoms with Crippen LogP contribution >= 0.6 is 0 Å². The summed E-state index contributed by atoms with van der Waals surface area (Å²) in [6.07, 6.45) is -5.10. The molecule has 0 saturated carbocycles. The van der Waals surface area contributed by atoms with Crippen molar-refractivity contribution >= 4 is 5.71 Å². The number of nitrogens with zero attached hydrogens (tertiary/aromatic N) is 1. The van der Waals surface area contributed by atoms with Crippen LogP contribution in [0.3, 0.4) is 0 Å². The lowest BCUT2D eigenvalue weighted by Gasteiger charge is -2.04. The average molecular weight is 154 g/mol. The summed E-state index contributed by atoms with van der Waals surface area (Å²) in [5.74, 6) is 0. The second-order valence-corrected chi connectivity index (χ2v) is 1.86. The van der Waals surface area contributed by atoms with Gasteiger partial charge in [-0.05, 0) is 6.92 Å². The summed E-state index contributed by atoms with van der Waals surface area (Å²) >= 11 is 0. The Morgan fingerprint density at radius 3 is 2.30 bits per heavy atom. The smallest absolute Gasteiger partial charge is 0.313 e. The van der Waals surface area contributed by atoms with Crippen molar-refractivity contribution < 1.29 is 13.2 Å². The summed E-state index contributed by atoms with van der Waals surface area (Å²) in [4.78, 5) is 0. The lowest BCUT2D eigenvalue weighted by molar-refractivity contribution is -0.121. The molecule has 0 saturated heterocycles. The molecular weight excluding hydrogens is 145 g/mol. The fourth-order valence-electron chi connectivity index (χ4n) is 0.520. The average Bonchev–Trinajstić information content (AvgIpc) is 1.59. The molecule has 0 unspecified atom stereocenters. The topological polar surface area (TPSA) is 24.4 Å². The van der Waals surface area contributed by atoms with Gasteiger partial charge in [-0.3, -0.25) is 0 Å². The quantitative estimate of drug-likeness (QED) is 0.473. The highest BCUT2D eigenvalue weighted by Crippen LogP contribution is 2.19. The second kappa shape index (κ2) is 3.43. The van der Waals surface area contributed by atoms with Gasteiger partial charge in [-0.25, -0.2) is 0 Å². The maximum Gasteiger partial charge on any atom is 0.394 e. The van der Waals surface area contributed by atoms with Crippen LogP contribution in [-0.4, -0.2) is 18.9 Å². The summed E-state index contributed by atoms with van der Waals surface area (Å²) in [6.45, 7) is 1.32. The number of rotatable bonds is 2. The largest absolute Gasteiger partial charge is 0.394 e. The highest BCUT2D eigenvalue weighted by Gasteiger charge is 2.27. The number of alkyl halides is 3. The Morgan fingerprint density at radius 2 is 2.00 bits per heavy atom. The van der Waals surface area contributed by atoms with Gasteiger partial charge in [-0.15, -0.1) is 0 Å². The van der Waals surface area contributed by atoms with Crippen LogP contribution in [0.2, 0.25) is 0 Å². The van der Waals surface area contributed by atoms with E-state index in [9.17, 15) is 13.2 Å². The minimum atomic E-state index is -4.15. The first-order valence-electron chi connectivity index (χ1n) is 2.72. The molecule has 0 fully saturated rings. The van der Waals surface area contributed by atoms with Crippen molar-refractivity contribution in [1.82, 2.24) is 5.43 Å². The third-order valence-corrected chi connectivity index (χ3v) is 0.759. The molecule has 60 valence electrons. The SMILES string of the molecule is CN/N=C(/C)CC(F)(F)F. The van der Waals surface area contributed by atoms with E-state index >= 15 is 0 Å². The van der Waals surface area contributed by atoms with Crippen LogP contribution in [0.15, 0.2) is 5.10 Å². The Kier molecular flexibility index (Phi) is 3.18. The molecule has 0 heterocycles. The van der Waals surface area contributed by atoms with Crippen LogP contribution in [0.25, 0.3) is 0 Å². The zero-order valence-corrected chi connectivity index (χ0v) is 5.79. The van der Waals surface area contributed by atoms with Gasteiger partial charge in [-0.1, -0.05) is 0 Å². The van der Waals surface area contributed by atoms with E-state index in [0.717, 1.165) is 0 Å². The molecule has 0 aromatic rings. The monoisotopic (exact) mass is 154 g/mol. The second-order valence-electron chi connectivity index (χ2n) is 1.86. The van der Waals surface area contributed by atoms with Gasteiger partial charge in [0, 0.05) is 12.8 Å². The highest BCUT2D eigenvalue weighted by molar-refractivity contribution is 5.82. The van der Waals surface area contributed by atoms with E-state index in [1.807, 2.05) is 0 Å². The first-order valence-corrected chi connectivity index (χ1v) is 2.72. The van der Waals surface area contributed by atoms with Gasteiger partial charge in [-0.2, -0.15) is 18.3 Å². The minimum Gasteiger partial charge on any atom is -0.313 e. The molecule has 0 aliphatic carbocycles. The zero-order valence-electron chi connectivity index (χ0n) is 5.79. The number of hydrogen-bond donors (Lipinski definition) is 1. The van der Waals surface area contributed by atoms with Crippen molar-refractivity contribution in [2.45, 2.75) is 19.5 Å². The van der Waals surface area contributed by atoms with Crippen LogP contribution < -0.4 is 5.43 Å². The minimum absolute atomic E-state index is 0.0370. The molecule has 0 bridgehead atoms. The molecule has 2 nitrogen and oxygen atoms in total. The maximum absolute atomic E-state index is 11.5. The van der Waals surface area contributed by atoms with Gasteiger partial charge in [0.05, 0.1) is 6.42 Å². The van der Waals surface area contributed by atoms with Crippen molar-refractivity contribution in [3.8, 4) is 0 Å².